The summed E-state index contributed by atoms with van der Waals surface area (Å²) in [4.78, 5) is 0. The van der Waals surface area contributed by atoms with Gasteiger partial charge in [0, 0.05) is 11.8 Å². The smallest absolute Gasteiger partial charge is 0.135 e. The second kappa shape index (κ2) is 4.84. The maximum absolute atomic E-state index is 5.80. The largest absolute Gasteiger partial charge is 0.460 e. The number of hydrogen-bond donors (Lipinski definition) is 0. The number of unbranched alkanes of at least 4 members (excludes halogenated alkanes) is 2. The minimum atomic E-state index is 0.982. The molecule has 0 aliphatic carbocycles. The first-order valence-corrected chi connectivity index (χ1v) is 6.28. The van der Waals surface area contributed by atoms with E-state index in [1.165, 1.54) is 24.6 Å². The summed E-state index contributed by atoms with van der Waals surface area (Å²) in [6, 6.07) is 8.15. The molecule has 2 rings (SSSR count). The molecule has 0 bridgehead atoms. The number of hydrogen-bond acceptors (Lipinski definition) is 1. The monoisotopic (exact) mass is 266 g/mol. The maximum Gasteiger partial charge on any atom is 0.135 e. The molecule has 0 spiro atoms. The Balaban J connectivity index is 2.24. The lowest BCUT2D eigenvalue weighted by Crippen LogP contribution is -1.82. The Morgan fingerprint density at radius 1 is 1.20 bits per heavy atom. The molecule has 0 aliphatic heterocycles. The van der Waals surface area contributed by atoms with Crippen LogP contribution in [0.4, 0.5) is 0 Å². The first-order valence-electron chi connectivity index (χ1n) is 5.49. The van der Waals surface area contributed by atoms with E-state index in [9.17, 15) is 0 Å². The van der Waals surface area contributed by atoms with Gasteiger partial charge < -0.3 is 4.42 Å². The van der Waals surface area contributed by atoms with Gasteiger partial charge in [0.1, 0.15) is 11.3 Å². The molecule has 1 aromatic heterocycles. The highest BCUT2D eigenvalue weighted by molar-refractivity contribution is 9.10. The second-order valence-corrected chi connectivity index (χ2v) is 4.59. The third kappa shape index (κ3) is 2.25. The van der Waals surface area contributed by atoms with Crippen LogP contribution in [0, 0.1) is 0 Å². The van der Waals surface area contributed by atoms with Crippen LogP contribution in [0.25, 0.3) is 11.0 Å². The van der Waals surface area contributed by atoms with Crippen molar-refractivity contribution in [3.63, 3.8) is 0 Å². The molecule has 0 saturated heterocycles. The topological polar surface area (TPSA) is 13.1 Å². The molecule has 1 aromatic carbocycles. The molecule has 15 heavy (non-hydrogen) atoms. The predicted octanol–water partition coefficient (Wildman–Crippen LogP) is 4.93. The lowest BCUT2D eigenvalue weighted by molar-refractivity contribution is 0.528. The van der Waals surface area contributed by atoms with Gasteiger partial charge in [-0.25, -0.2) is 0 Å². The average molecular weight is 267 g/mol. The van der Waals surface area contributed by atoms with E-state index in [4.69, 9.17) is 4.42 Å². The number of para-hydroxylation sites is 1. The minimum absolute atomic E-state index is 0.982. The first kappa shape index (κ1) is 10.7. The van der Waals surface area contributed by atoms with E-state index in [0.29, 0.717) is 0 Å². The summed E-state index contributed by atoms with van der Waals surface area (Å²) in [6.45, 7) is 2.22. The molecule has 0 aliphatic rings. The molecule has 1 nitrogen and oxygen atoms in total. The van der Waals surface area contributed by atoms with Gasteiger partial charge in [-0.2, -0.15) is 0 Å². The molecule has 0 radical (unpaired) electrons. The molecule has 1 heterocycles. The highest BCUT2D eigenvalue weighted by atomic mass is 79.9. The highest BCUT2D eigenvalue weighted by Crippen LogP contribution is 2.31. The highest BCUT2D eigenvalue weighted by Gasteiger charge is 2.10. The van der Waals surface area contributed by atoms with Crippen LogP contribution < -0.4 is 0 Å². The molecular formula is C13H15BrO. The summed E-state index contributed by atoms with van der Waals surface area (Å²) < 4.78 is 6.93. The van der Waals surface area contributed by atoms with Crippen LogP contribution in [0.1, 0.15) is 31.9 Å². The van der Waals surface area contributed by atoms with Gasteiger partial charge in [-0.1, -0.05) is 31.9 Å². The average Bonchev–Trinajstić information content (AvgIpc) is 2.57. The van der Waals surface area contributed by atoms with Crippen molar-refractivity contribution in [2.24, 2.45) is 0 Å². The maximum atomic E-state index is 5.80. The number of furan rings is 1. The summed E-state index contributed by atoms with van der Waals surface area (Å²) in [5.41, 5.74) is 0.982. The van der Waals surface area contributed by atoms with E-state index < -0.39 is 0 Å². The quantitative estimate of drug-likeness (QED) is 0.716. The van der Waals surface area contributed by atoms with E-state index in [1.807, 2.05) is 18.2 Å². The van der Waals surface area contributed by atoms with E-state index in [1.54, 1.807) is 0 Å². The molecule has 0 unspecified atom stereocenters. The molecular weight excluding hydrogens is 252 g/mol. The zero-order valence-corrected chi connectivity index (χ0v) is 10.5. The van der Waals surface area contributed by atoms with Gasteiger partial charge in [0.15, 0.2) is 0 Å². The Morgan fingerprint density at radius 3 is 2.73 bits per heavy atom. The number of fused-ring (bicyclic) bond motifs is 1. The van der Waals surface area contributed by atoms with Crippen LogP contribution in [0.5, 0.6) is 0 Å². The predicted molar refractivity (Wildman–Crippen MR) is 67.1 cm³/mol. The molecule has 2 aromatic rings. The van der Waals surface area contributed by atoms with Crippen molar-refractivity contribution < 1.29 is 4.42 Å². The van der Waals surface area contributed by atoms with Crippen molar-refractivity contribution in [1.29, 1.82) is 0 Å². The Kier molecular flexibility index (Phi) is 3.47. The van der Waals surface area contributed by atoms with Crippen LogP contribution in [0.3, 0.4) is 0 Å². The molecule has 0 amide bonds. The standard InChI is InChI=1S/C13H15BrO/c1-2-3-4-9-12-13(14)10-7-5-6-8-11(10)15-12/h5-8H,2-4,9H2,1H3. The summed E-state index contributed by atoms with van der Waals surface area (Å²) in [7, 11) is 0. The fourth-order valence-corrected chi connectivity index (χ4v) is 2.37. The number of benzene rings is 1. The zero-order valence-electron chi connectivity index (χ0n) is 8.92. The van der Waals surface area contributed by atoms with Crippen molar-refractivity contribution in [3.05, 3.63) is 34.5 Å². The van der Waals surface area contributed by atoms with Gasteiger partial charge in [-0.05, 0) is 34.5 Å². The fraction of sp³-hybridized carbons (Fsp3) is 0.385. The van der Waals surface area contributed by atoms with Gasteiger partial charge in [0.05, 0.1) is 4.47 Å². The molecule has 2 heteroatoms. The third-order valence-electron chi connectivity index (χ3n) is 2.61. The van der Waals surface area contributed by atoms with Gasteiger partial charge in [0.25, 0.3) is 0 Å². The number of rotatable bonds is 4. The summed E-state index contributed by atoms with van der Waals surface area (Å²) in [6.07, 6.45) is 4.75. The number of halogens is 1. The molecule has 0 N–H and O–H groups in total. The van der Waals surface area contributed by atoms with Crippen molar-refractivity contribution in [2.75, 3.05) is 0 Å². The summed E-state index contributed by atoms with van der Waals surface area (Å²) >= 11 is 3.61. The Hall–Kier alpha value is -0.760. The van der Waals surface area contributed by atoms with Crippen molar-refractivity contribution in [1.82, 2.24) is 0 Å². The normalized spacial score (nSPS) is 11.1. The Bertz CT molecular complexity index is 445. The molecule has 0 atom stereocenters. The lowest BCUT2D eigenvalue weighted by atomic mass is 10.1. The molecule has 0 fully saturated rings. The van der Waals surface area contributed by atoms with Crippen molar-refractivity contribution in [3.8, 4) is 0 Å². The van der Waals surface area contributed by atoms with E-state index >= 15 is 0 Å². The van der Waals surface area contributed by atoms with Crippen LogP contribution in [-0.2, 0) is 6.42 Å². The fourth-order valence-electron chi connectivity index (χ4n) is 1.76. The van der Waals surface area contributed by atoms with Crippen LogP contribution >= 0.6 is 15.9 Å². The van der Waals surface area contributed by atoms with E-state index in [2.05, 4.69) is 28.9 Å². The van der Waals surface area contributed by atoms with Crippen molar-refractivity contribution in [2.45, 2.75) is 32.6 Å². The summed E-state index contributed by atoms with van der Waals surface area (Å²) in [5.74, 6) is 1.09. The number of aryl methyl sites for hydroxylation is 1. The van der Waals surface area contributed by atoms with Crippen LogP contribution in [-0.4, -0.2) is 0 Å². The van der Waals surface area contributed by atoms with Gasteiger partial charge in [-0.15, -0.1) is 0 Å². The zero-order chi connectivity index (χ0) is 10.7. The van der Waals surface area contributed by atoms with Gasteiger partial charge in [0.2, 0.25) is 0 Å². The van der Waals surface area contributed by atoms with Crippen molar-refractivity contribution >= 4 is 26.9 Å². The third-order valence-corrected chi connectivity index (χ3v) is 3.48. The van der Waals surface area contributed by atoms with E-state index in [-0.39, 0.29) is 0 Å². The molecule has 80 valence electrons. The Morgan fingerprint density at radius 2 is 2.00 bits per heavy atom. The Labute approximate surface area is 98.6 Å². The van der Waals surface area contributed by atoms with Crippen LogP contribution in [0.15, 0.2) is 33.2 Å². The first-order chi connectivity index (χ1) is 7.33. The molecule has 0 saturated carbocycles. The summed E-state index contributed by atoms with van der Waals surface area (Å²) in [5, 5.41) is 1.18. The van der Waals surface area contributed by atoms with Crippen LogP contribution in [0.2, 0.25) is 0 Å². The second-order valence-electron chi connectivity index (χ2n) is 3.79. The SMILES string of the molecule is CCCCCc1oc2ccccc2c1Br. The lowest BCUT2D eigenvalue weighted by Gasteiger charge is -1.95. The van der Waals surface area contributed by atoms with E-state index in [0.717, 1.165) is 22.2 Å². The van der Waals surface area contributed by atoms with Gasteiger partial charge in [-0.3, -0.25) is 0 Å². The van der Waals surface area contributed by atoms with Gasteiger partial charge >= 0.3 is 0 Å². The minimum Gasteiger partial charge on any atom is -0.460 e.